The first kappa shape index (κ1) is 22.9. The zero-order valence-corrected chi connectivity index (χ0v) is 22.3. The molecule has 0 amide bonds. The van der Waals surface area contributed by atoms with Gasteiger partial charge in [-0.1, -0.05) is 48.5 Å². The van der Waals surface area contributed by atoms with Crippen LogP contribution in [-0.2, 0) is 9.53 Å². The molecular formula is C30H48O3. The number of esters is 1. The van der Waals surface area contributed by atoms with Gasteiger partial charge in [-0.2, -0.15) is 0 Å². The molecule has 0 radical (unpaired) electrons. The van der Waals surface area contributed by atoms with E-state index < -0.39 is 0 Å². The Morgan fingerprint density at radius 1 is 0.758 bits per heavy atom. The van der Waals surface area contributed by atoms with Crippen LogP contribution in [0.15, 0.2) is 0 Å². The molecule has 0 aromatic rings. The summed E-state index contributed by atoms with van der Waals surface area (Å²) in [6.45, 7) is 17.3. The summed E-state index contributed by atoms with van der Waals surface area (Å²) in [6.07, 6.45) is 11.6. The standard InChI is InChI=1S/C30H48O3/c1-25(2)14-16-30-17-15-28(6)18(22(30)23(25)33-24(30)32)8-9-20-27(5)12-11-21(31)26(3,4)19(27)10-13-29(20,28)7/h18-23,31H,8-17H2,1-7H3/t18-,19+,20-,21-,22-,23-,27+,28-,29-,30+/m1/s1. The van der Waals surface area contributed by atoms with Crippen LogP contribution in [0.25, 0.3) is 0 Å². The van der Waals surface area contributed by atoms with Gasteiger partial charge in [0.1, 0.15) is 6.10 Å². The summed E-state index contributed by atoms with van der Waals surface area (Å²) in [7, 11) is 0. The van der Waals surface area contributed by atoms with E-state index in [9.17, 15) is 9.90 Å². The van der Waals surface area contributed by atoms with Crippen LogP contribution in [-0.4, -0.2) is 23.3 Å². The van der Waals surface area contributed by atoms with E-state index in [4.69, 9.17) is 4.74 Å². The van der Waals surface area contributed by atoms with E-state index >= 15 is 0 Å². The van der Waals surface area contributed by atoms with Gasteiger partial charge in [-0.15, -0.1) is 0 Å². The van der Waals surface area contributed by atoms with E-state index in [0.29, 0.717) is 28.6 Å². The van der Waals surface area contributed by atoms with Gasteiger partial charge in [-0.25, -0.2) is 0 Å². The second-order valence-electron chi connectivity index (χ2n) is 15.5. The molecule has 3 heteroatoms. The molecule has 186 valence electrons. The van der Waals surface area contributed by atoms with Crippen LogP contribution in [0, 0.1) is 56.2 Å². The number of aliphatic hydroxyl groups is 1. The Labute approximate surface area is 201 Å². The Balaban J connectivity index is 1.41. The summed E-state index contributed by atoms with van der Waals surface area (Å²) in [6, 6.07) is 0. The Kier molecular flexibility index (Phi) is 4.44. The zero-order valence-electron chi connectivity index (χ0n) is 22.3. The highest BCUT2D eigenvalue weighted by molar-refractivity contribution is 5.81. The molecule has 6 aliphatic rings. The maximum absolute atomic E-state index is 13.3. The molecule has 1 N–H and O–H groups in total. The molecule has 5 aliphatic carbocycles. The molecule has 33 heavy (non-hydrogen) atoms. The normalized spacial score (nSPS) is 58.4. The second-order valence-corrected chi connectivity index (χ2v) is 15.5. The first-order valence-corrected chi connectivity index (χ1v) is 14.1. The van der Waals surface area contributed by atoms with Crippen LogP contribution in [0.3, 0.4) is 0 Å². The minimum absolute atomic E-state index is 0.00939. The molecule has 0 aromatic carbocycles. The molecule has 10 atom stereocenters. The molecule has 1 aliphatic heterocycles. The second kappa shape index (κ2) is 6.40. The molecule has 6 fully saturated rings. The first-order valence-electron chi connectivity index (χ1n) is 14.1. The van der Waals surface area contributed by atoms with Crippen LogP contribution >= 0.6 is 0 Å². The number of carbonyl (C=O) groups is 1. The lowest BCUT2D eigenvalue weighted by Gasteiger charge is -2.73. The molecule has 0 aromatic heterocycles. The van der Waals surface area contributed by atoms with Gasteiger partial charge < -0.3 is 9.84 Å². The molecular weight excluding hydrogens is 408 g/mol. The van der Waals surface area contributed by atoms with Crippen LogP contribution in [0.4, 0.5) is 0 Å². The fourth-order valence-electron chi connectivity index (χ4n) is 11.8. The van der Waals surface area contributed by atoms with Crippen LogP contribution in [0.1, 0.15) is 113 Å². The molecule has 2 bridgehead atoms. The summed E-state index contributed by atoms with van der Waals surface area (Å²) in [5, 5.41) is 10.9. The average molecular weight is 457 g/mol. The summed E-state index contributed by atoms with van der Waals surface area (Å²) >= 11 is 0. The van der Waals surface area contributed by atoms with Crippen molar-refractivity contribution in [1.29, 1.82) is 0 Å². The number of hydrogen-bond acceptors (Lipinski definition) is 3. The van der Waals surface area contributed by atoms with Crippen molar-refractivity contribution in [3.05, 3.63) is 0 Å². The van der Waals surface area contributed by atoms with E-state index in [-0.39, 0.29) is 39.8 Å². The van der Waals surface area contributed by atoms with Gasteiger partial charge in [-0.3, -0.25) is 4.79 Å². The maximum atomic E-state index is 13.3. The smallest absolute Gasteiger partial charge is 0.312 e. The van der Waals surface area contributed by atoms with Crippen LogP contribution in [0.2, 0.25) is 0 Å². The Morgan fingerprint density at radius 3 is 2.18 bits per heavy atom. The van der Waals surface area contributed by atoms with Crippen LogP contribution in [0.5, 0.6) is 0 Å². The van der Waals surface area contributed by atoms with E-state index in [1.54, 1.807) is 0 Å². The predicted octanol–water partition coefficient (Wildman–Crippen LogP) is 6.76. The minimum atomic E-state index is -0.189. The van der Waals surface area contributed by atoms with Crippen molar-refractivity contribution in [3.8, 4) is 0 Å². The third kappa shape index (κ3) is 2.45. The fourth-order valence-corrected chi connectivity index (χ4v) is 11.8. The highest BCUT2D eigenvalue weighted by atomic mass is 16.6. The summed E-state index contributed by atoms with van der Waals surface area (Å²) in [4.78, 5) is 13.3. The van der Waals surface area contributed by atoms with Crippen molar-refractivity contribution in [2.45, 2.75) is 125 Å². The summed E-state index contributed by atoms with van der Waals surface area (Å²) in [5.41, 5.74) is 0.823. The average Bonchev–Trinajstić information content (AvgIpc) is 2.99. The highest BCUT2D eigenvalue weighted by Crippen LogP contribution is 2.78. The molecule has 0 unspecified atom stereocenters. The van der Waals surface area contributed by atoms with Crippen molar-refractivity contribution in [1.82, 2.24) is 0 Å². The number of carbonyl (C=O) groups excluding carboxylic acids is 1. The van der Waals surface area contributed by atoms with E-state index in [0.717, 1.165) is 31.6 Å². The van der Waals surface area contributed by atoms with E-state index in [1.165, 1.54) is 38.5 Å². The third-order valence-corrected chi connectivity index (χ3v) is 14.0. The monoisotopic (exact) mass is 456 g/mol. The SMILES string of the molecule is CC1(C)CC[C@]23CC[C@]4(C)[C@H](CC[C@@H]5[C@@]6(C)CC[C@@H](O)C(C)(C)[C@@H]6CC[C@]54C)[C@@H]2[C@H]1OC3=O. The van der Waals surface area contributed by atoms with Gasteiger partial charge in [-0.05, 0) is 104 Å². The molecule has 6 rings (SSSR count). The Hall–Kier alpha value is -0.570. The lowest BCUT2D eigenvalue weighted by molar-refractivity contribution is -0.252. The molecule has 5 saturated carbocycles. The van der Waals surface area contributed by atoms with Crippen LogP contribution < -0.4 is 0 Å². The largest absolute Gasteiger partial charge is 0.461 e. The van der Waals surface area contributed by atoms with Crippen molar-refractivity contribution in [2.75, 3.05) is 0 Å². The number of hydrogen-bond donors (Lipinski definition) is 1. The van der Waals surface area contributed by atoms with Gasteiger partial charge in [0, 0.05) is 11.3 Å². The third-order valence-electron chi connectivity index (χ3n) is 14.0. The highest BCUT2D eigenvalue weighted by Gasteiger charge is 2.75. The van der Waals surface area contributed by atoms with E-state index in [1.807, 2.05) is 0 Å². The first-order chi connectivity index (χ1) is 15.2. The maximum Gasteiger partial charge on any atom is 0.312 e. The fraction of sp³-hybridized carbons (Fsp3) is 0.967. The van der Waals surface area contributed by atoms with Crippen molar-refractivity contribution < 1.29 is 14.6 Å². The molecule has 1 saturated heterocycles. The molecule has 3 nitrogen and oxygen atoms in total. The van der Waals surface area contributed by atoms with Gasteiger partial charge in [0.25, 0.3) is 0 Å². The van der Waals surface area contributed by atoms with Gasteiger partial charge in [0.05, 0.1) is 11.5 Å². The van der Waals surface area contributed by atoms with E-state index in [2.05, 4.69) is 48.5 Å². The lowest BCUT2D eigenvalue weighted by Crippen LogP contribution is -2.67. The van der Waals surface area contributed by atoms with Gasteiger partial charge >= 0.3 is 5.97 Å². The summed E-state index contributed by atoms with van der Waals surface area (Å²) in [5.74, 6) is 2.50. The summed E-state index contributed by atoms with van der Waals surface area (Å²) < 4.78 is 6.28. The lowest BCUT2D eigenvalue weighted by atomic mass is 9.31. The molecule has 1 heterocycles. The molecule has 0 spiro atoms. The Morgan fingerprint density at radius 2 is 1.45 bits per heavy atom. The quantitative estimate of drug-likeness (QED) is 0.409. The van der Waals surface area contributed by atoms with Gasteiger partial charge in [0.15, 0.2) is 0 Å². The van der Waals surface area contributed by atoms with Crippen molar-refractivity contribution in [3.63, 3.8) is 0 Å². The number of rotatable bonds is 0. The minimum Gasteiger partial charge on any atom is -0.461 e. The van der Waals surface area contributed by atoms with Crippen molar-refractivity contribution >= 4 is 5.97 Å². The number of fused-ring (bicyclic) bond motifs is 5. The van der Waals surface area contributed by atoms with Gasteiger partial charge in [0.2, 0.25) is 0 Å². The number of aliphatic hydroxyl groups excluding tert-OH is 1. The number of ether oxygens (including phenoxy) is 1. The topological polar surface area (TPSA) is 46.5 Å². The van der Waals surface area contributed by atoms with Crippen molar-refractivity contribution in [2.24, 2.45) is 56.2 Å². The Bertz CT molecular complexity index is 876. The zero-order chi connectivity index (χ0) is 23.8. The predicted molar refractivity (Wildman–Crippen MR) is 130 cm³/mol.